The lowest BCUT2D eigenvalue weighted by Gasteiger charge is -2.28. The van der Waals surface area contributed by atoms with Gasteiger partial charge >= 0.3 is 0 Å². The van der Waals surface area contributed by atoms with Gasteiger partial charge in [0, 0.05) is 17.8 Å². The summed E-state index contributed by atoms with van der Waals surface area (Å²) >= 11 is 0. The Hall–Kier alpha value is -1.67. The minimum atomic E-state index is -0.234. The molecule has 17 heavy (non-hydrogen) atoms. The van der Waals surface area contributed by atoms with E-state index in [1.807, 2.05) is 30.3 Å². The highest BCUT2D eigenvalue weighted by atomic mass is 16.3. The van der Waals surface area contributed by atoms with Crippen molar-refractivity contribution in [2.24, 2.45) is 0 Å². The third kappa shape index (κ3) is 2.71. The lowest BCUT2D eigenvalue weighted by atomic mass is 9.78. The van der Waals surface area contributed by atoms with E-state index < -0.39 is 0 Å². The molecule has 0 saturated heterocycles. The van der Waals surface area contributed by atoms with Crippen LogP contribution < -0.4 is 0 Å². The van der Waals surface area contributed by atoms with Crippen LogP contribution in [0.25, 0.3) is 0 Å². The van der Waals surface area contributed by atoms with Crippen molar-refractivity contribution in [3.05, 3.63) is 66.0 Å². The van der Waals surface area contributed by atoms with Crippen LogP contribution in [0, 0.1) is 0 Å². The van der Waals surface area contributed by atoms with Gasteiger partial charge in [-0.15, -0.1) is 0 Å². The number of hydrogen-bond donors (Lipinski definition) is 1. The van der Waals surface area contributed by atoms with E-state index >= 15 is 0 Å². The summed E-state index contributed by atoms with van der Waals surface area (Å²) in [7, 11) is 0. The highest BCUT2D eigenvalue weighted by Crippen LogP contribution is 2.27. The van der Waals surface area contributed by atoms with Crippen LogP contribution in [0.1, 0.15) is 18.1 Å². The van der Waals surface area contributed by atoms with Gasteiger partial charge in [0.1, 0.15) is 0 Å². The largest absolute Gasteiger partial charge is 0.395 e. The highest BCUT2D eigenvalue weighted by Gasteiger charge is 2.25. The van der Waals surface area contributed by atoms with Crippen molar-refractivity contribution in [1.82, 2.24) is 4.98 Å². The molecule has 0 fully saturated rings. The van der Waals surface area contributed by atoms with Crippen LogP contribution in [0.5, 0.6) is 0 Å². The van der Waals surface area contributed by atoms with Gasteiger partial charge in [-0.05, 0) is 29.7 Å². The molecule has 88 valence electrons. The van der Waals surface area contributed by atoms with Gasteiger partial charge in [0.15, 0.2) is 0 Å². The summed E-state index contributed by atoms with van der Waals surface area (Å²) in [5, 5.41) is 9.68. The number of benzene rings is 1. The molecule has 0 radical (unpaired) electrons. The summed E-state index contributed by atoms with van der Waals surface area (Å²) in [4.78, 5) is 4.01. The summed E-state index contributed by atoms with van der Waals surface area (Å²) in [6.07, 6.45) is 4.40. The second-order valence-corrected chi connectivity index (χ2v) is 4.62. The second kappa shape index (κ2) is 5.11. The minimum Gasteiger partial charge on any atom is -0.395 e. The number of aliphatic hydroxyl groups is 1. The summed E-state index contributed by atoms with van der Waals surface area (Å²) in [5.74, 6) is 0. The van der Waals surface area contributed by atoms with Crippen molar-refractivity contribution in [3.8, 4) is 0 Å². The maximum atomic E-state index is 9.68. The average Bonchev–Trinajstić information content (AvgIpc) is 2.41. The van der Waals surface area contributed by atoms with Crippen LogP contribution >= 0.6 is 0 Å². The van der Waals surface area contributed by atoms with Crippen LogP contribution in [-0.4, -0.2) is 16.7 Å². The summed E-state index contributed by atoms with van der Waals surface area (Å²) in [5.41, 5.74) is 2.13. The molecule has 0 aliphatic rings. The molecule has 1 N–H and O–H groups in total. The molecule has 1 aromatic heterocycles. The predicted molar refractivity (Wildman–Crippen MR) is 68.8 cm³/mol. The van der Waals surface area contributed by atoms with Crippen molar-refractivity contribution < 1.29 is 5.11 Å². The van der Waals surface area contributed by atoms with Gasteiger partial charge in [-0.2, -0.15) is 0 Å². The Morgan fingerprint density at radius 3 is 2.29 bits per heavy atom. The number of rotatable bonds is 4. The molecule has 2 rings (SSSR count). The van der Waals surface area contributed by atoms with Gasteiger partial charge in [0.2, 0.25) is 0 Å². The molecule has 1 aromatic carbocycles. The zero-order valence-electron chi connectivity index (χ0n) is 10.0. The molecule has 2 aromatic rings. The molecule has 1 heterocycles. The fourth-order valence-corrected chi connectivity index (χ4v) is 2.04. The molecule has 0 bridgehead atoms. The first-order valence-electron chi connectivity index (χ1n) is 5.80. The Bertz CT molecular complexity index is 455. The molecule has 0 amide bonds. The van der Waals surface area contributed by atoms with Gasteiger partial charge in [-0.25, -0.2) is 0 Å². The predicted octanol–water partition coefficient (Wildman–Crippen LogP) is 2.57. The van der Waals surface area contributed by atoms with Crippen molar-refractivity contribution in [3.63, 3.8) is 0 Å². The lowest BCUT2D eigenvalue weighted by Crippen LogP contribution is -2.29. The molecule has 1 atom stereocenters. The smallest absolute Gasteiger partial charge is 0.0528 e. The van der Waals surface area contributed by atoms with E-state index in [-0.39, 0.29) is 12.0 Å². The van der Waals surface area contributed by atoms with Crippen LogP contribution in [0.2, 0.25) is 0 Å². The zero-order chi connectivity index (χ0) is 12.1. The van der Waals surface area contributed by atoms with Crippen molar-refractivity contribution in [2.45, 2.75) is 18.8 Å². The van der Waals surface area contributed by atoms with E-state index in [0.717, 1.165) is 6.42 Å². The van der Waals surface area contributed by atoms with Crippen LogP contribution in [0.4, 0.5) is 0 Å². The fourth-order valence-electron chi connectivity index (χ4n) is 2.04. The fraction of sp³-hybridized carbons (Fsp3) is 0.267. The van der Waals surface area contributed by atoms with Crippen LogP contribution in [0.3, 0.4) is 0 Å². The maximum absolute atomic E-state index is 9.68. The van der Waals surface area contributed by atoms with Crippen molar-refractivity contribution >= 4 is 0 Å². The van der Waals surface area contributed by atoms with E-state index in [4.69, 9.17) is 0 Å². The molecule has 1 unspecified atom stereocenters. The van der Waals surface area contributed by atoms with E-state index in [0.29, 0.717) is 0 Å². The Labute approximate surface area is 102 Å². The van der Waals surface area contributed by atoms with E-state index in [1.165, 1.54) is 11.1 Å². The number of nitrogens with zero attached hydrogens (tertiary/aromatic N) is 1. The minimum absolute atomic E-state index is 0.138. The standard InChI is InChI=1S/C15H17NO/c1-15(12-17,14-5-3-2-4-6-14)11-13-7-9-16-10-8-13/h2-10,17H,11-12H2,1H3. The molecule has 2 heteroatoms. The average molecular weight is 227 g/mol. The van der Waals surface area contributed by atoms with Gasteiger partial charge < -0.3 is 5.11 Å². The third-order valence-electron chi connectivity index (χ3n) is 3.16. The third-order valence-corrected chi connectivity index (χ3v) is 3.16. The first-order chi connectivity index (χ1) is 8.24. The number of hydrogen-bond acceptors (Lipinski definition) is 2. The monoisotopic (exact) mass is 227 g/mol. The Balaban J connectivity index is 2.27. The molecular weight excluding hydrogens is 210 g/mol. The quantitative estimate of drug-likeness (QED) is 0.870. The van der Waals surface area contributed by atoms with E-state index in [9.17, 15) is 5.11 Å². The van der Waals surface area contributed by atoms with Gasteiger partial charge in [0.05, 0.1) is 6.61 Å². The highest BCUT2D eigenvalue weighted by molar-refractivity contribution is 5.28. The van der Waals surface area contributed by atoms with Gasteiger partial charge in [-0.1, -0.05) is 37.3 Å². The summed E-state index contributed by atoms with van der Waals surface area (Å²) in [6, 6.07) is 14.1. The Kier molecular flexibility index (Phi) is 3.55. The first kappa shape index (κ1) is 11.8. The number of aliphatic hydroxyl groups excluding tert-OH is 1. The van der Waals surface area contributed by atoms with Crippen LogP contribution in [0.15, 0.2) is 54.9 Å². The number of aromatic nitrogens is 1. The van der Waals surface area contributed by atoms with Crippen molar-refractivity contribution in [1.29, 1.82) is 0 Å². The molecule has 2 nitrogen and oxygen atoms in total. The summed E-state index contributed by atoms with van der Waals surface area (Å²) < 4.78 is 0. The second-order valence-electron chi connectivity index (χ2n) is 4.62. The molecule has 0 aliphatic carbocycles. The molecule has 0 aliphatic heterocycles. The topological polar surface area (TPSA) is 33.1 Å². The molecular formula is C15H17NO. The van der Waals surface area contributed by atoms with E-state index in [2.05, 4.69) is 24.0 Å². The molecule has 0 saturated carbocycles. The van der Waals surface area contributed by atoms with Crippen molar-refractivity contribution in [2.75, 3.05) is 6.61 Å². The van der Waals surface area contributed by atoms with Crippen LogP contribution in [-0.2, 0) is 11.8 Å². The maximum Gasteiger partial charge on any atom is 0.0528 e. The van der Waals surface area contributed by atoms with Gasteiger partial charge in [0.25, 0.3) is 0 Å². The zero-order valence-corrected chi connectivity index (χ0v) is 10.0. The summed E-state index contributed by atoms with van der Waals surface area (Å²) in [6.45, 7) is 2.22. The van der Waals surface area contributed by atoms with E-state index in [1.54, 1.807) is 12.4 Å². The number of pyridine rings is 1. The lowest BCUT2D eigenvalue weighted by molar-refractivity contribution is 0.204. The first-order valence-corrected chi connectivity index (χ1v) is 5.80. The normalized spacial score (nSPS) is 14.2. The Morgan fingerprint density at radius 1 is 1.06 bits per heavy atom. The van der Waals surface area contributed by atoms with Gasteiger partial charge in [-0.3, -0.25) is 4.98 Å². The Morgan fingerprint density at radius 2 is 1.71 bits per heavy atom. The SMILES string of the molecule is CC(CO)(Cc1ccncc1)c1ccccc1. The molecule has 0 spiro atoms.